The summed E-state index contributed by atoms with van der Waals surface area (Å²) in [5.41, 5.74) is 1.32. The Hall–Kier alpha value is -1.88. The number of Topliss-reactive ketones (excluding diaryl/α,β-unsaturated/α-hetero) is 1. The monoisotopic (exact) mass is 382 g/mol. The summed E-state index contributed by atoms with van der Waals surface area (Å²) in [4.78, 5) is 28.0. The first-order valence-electron chi connectivity index (χ1n) is 10.9. The van der Waals surface area contributed by atoms with Crippen molar-refractivity contribution < 1.29 is 14.3 Å². The Labute approximate surface area is 166 Å². The summed E-state index contributed by atoms with van der Waals surface area (Å²) in [6.45, 7) is 5.98. The summed E-state index contributed by atoms with van der Waals surface area (Å²) in [6.07, 6.45) is 6.17. The number of hydrogen-bond donors (Lipinski definition) is 1. The summed E-state index contributed by atoms with van der Waals surface area (Å²) in [5, 5.41) is 3.16. The molecule has 4 aliphatic rings. The van der Waals surface area contributed by atoms with Gasteiger partial charge in [0.1, 0.15) is 11.4 Å². The number of benzene rings is 1. The van der Waals surface area contributed by atoms with Crippen LogP contribution in [0, 0.1) is 24.7 Å². The second kappa shape index (κ2) is 6.87. The minimum atomic E-state index is -0.459. The van der Waals surface area contributed by atoms with Gasteiger partial charge in [-0.1, -0.05) is 18.1 Å². The SMILES string of the molecule is Cc1ccc2c(c1)C(=O)C[C@@]1(CC[C@H]3[C@@H](C(=O)NCCN4CCCCC4)[C@@H]31)O2. The Kier molecular flexibility index (Phi) is 4.46. The van der Waals surface area contributed by atoms with E-state index < -0.39 is 5.60 Å². The lowest BCUT2D eigenvalue weighted by molar-refractivity contribution is -0.124. The zero-order valence-corrected chi connectivity index (χ0v) is 16.7. The van der Waals surface area contributed by atoms with Crippen LogP contribution in [0.2, 0.25) is 0 Å². The number of rotatable bonds is 4. The third-order valence-electron chi connectivity index (χ3n) is 7.36. The quantitative estimate of drug-likeness (QED) is 0.870. The third kappa shape index (κ3) is 3.04. The topological polar surface area (TPSA) is 58.6 Å². The highest BCUT2D eigenvalue weighted by Gasteiger charge is 2.70. The Balaban J connectivity index is 1.22. The molecule has 2 aliphatic carbocycles. The van der Waals surface area contributed by atoms with Crippen LogP contribution in [-0.4, -0.2) is 48.4 Å². The van der Waals surface area contributed by atoms with Crippen molar-refractivity contribution in [3.8, 4) is 5.75 Å². The molecule has 0 bridgehead atoms. The predicted octanol–water partition coefficient (Wildman–Crippen LogP) is 2.96. The molecular formula is C23H30N2O3. The van der Waals surface area contributed by atoms with E-state index in [0.29, 0.717) is 23.7 Å². The van der Waals surface area contributed by atoms with Gasteiger partial charge in [0.2, 0.25) is 5.91 Å². The van der Waals surface area contributed by atoms with E-state index in [1.54, 1.807) is 0 Å². The molecule has 0 aromatic heterocycles. The van der Waals surface area contributed by atoms with Gasteiger partial charge in [0, 0.05) is 24.9 Å². The van der Waals surface area contributed by atoms with Crippen LogP contribution in [0.3, 0.4) is 0 Å². The number of hydrogen-bond acceptors (Lipinski definition) is 4. The molecule has 5 nitrogen and oxygen atoms in total. The van der Waals surface area contributed by atoms with E-state index in [9.17, 15) is 9.59 Å². The van der Waals surface area contributed by atoms with E-state index in [4.69, 9.17) is 4.74 Å². The third-order valence-corrected chi connectivity index (χ3v) is 7.36. The average molecular weight is 383 g/mol. The number of piperidine rings is 1. The van der Waals surface area contributed by atoms with Gasteiger partial charge < -0.3 is 15.0 Å². The minimum absolute atomic E-state index is 0.0231. The molecule has 4 atom stereocenters. The maximum Gasteiger partial charge on any atom is 0.223 e. The van der Waals surface area contributed by atoms with Gasteiger partial charge in [-0.2, -0.15) is 0 Å². The van der Waals surface area contributed by atoms with E-state index in [0.717, 1.165) is 44.6 Å². The van der Waals surface area contributed by atoms with Gasteiger partial charge in [0.15, 0.2) is 5.78 Å². The lowest BCUT2D eigenvalue weighted by Crippen LogP contribution is -2.45. The summed E-state index contributed by atoms with van der Waals surface area (Å²) in [5.74, 6) is 1.64. The van der Waals surface area contributed by atoms with Crippen LogP contribution in [0.15, 0.2) is 18.2 Å². The summed E-state index contributed by atoms with van der Waals surface area (Å²) >= 11 is 0. The molecule has 2 aliphatic heterocycles. The maximum absolute atomic E-state index is 12.8. The molecule has 1 saturated heterocycles. The standard InChI is InChI=1S/C23H30N2O3/c1-15-5-6-19-17(13-15)18(26)14-23(28-19)8-7-16-20(21(16)23)22(27)24-9-12-25-10-3-2-4-11-25/h5-6,13,16,20-21H,2-4,7-12,14H2,1H3,(H,24,27)/t16-,20+,21+,23+/m0/s1. The number of ether oxygens (including phenoxy) is 1. The number of ketones is 1. The van der Waals surface area contributed by atoms with Crippen molar-refractivity contribution in [2.24, 2.45) is 17.8 Å². The Morgan fingerprint density at radius 2 is 2.11 bits per heavy atom. The van der Waals surface area contributed by atoms with E-state index in [1.807, 2.05) is 25.1 Å². The van der Waals surface area contributed by atoms with Crippen molar-refractivity contribution in [2.45, 2.75) is 51.0 Å². The highest BCUT2D eigenvalue weighted by molar-refractivity contribution is 6.01. The van der Waals surface area contributed by atoms with Crippen LogP contribution in [0.5, 0.6) is 5.75 Å². The van der Waals surface area contributed by atoms with Crippen molar-refractivity contribution in [3.63, 3.8) is 0 Å². The first-order valence-corrected chi connectivity index (χ1v) is 10.9. The van der Waals surface area contributed by atoms with E-state index in [-0.39, 0.29) is 23.5 Å². The van der Waals surface area contributed by atoms with Gasteiger partial charge in [-0.3, -0.25) is 9.59 Å². The number of fused-ring (bicyclic) bond motifs is 3. The van der Waals surface area contributed by atoms with Crippen molar-refractivity contribution >= 4 is 11.7 Å². The van der Waals surface area contributed by atoms with Crippen LogP contribution in [0.1, 0.15) is 54.4 Å². The molecule has 1 spiro atoms. The second-order valence-electron chi connectivity index (χ2n) is 9.21. The number of carbonyl (C=O) groups excluding carboxylic acids is 2. The van der Waals surface area contributed by atoms with Gasteiger partial charge >= 0.3 is 0 Å². The van der Waals surface area contributed by atoms with Crippen LogP contribution >= 0.6 is 0 Å². The fourth-order valence-corrected chi connectivity index (χ4v) is 5.92. The lowest BCUT2D eigenvalue weighted by atomic mass is 9.84. The number of amides is 1. The largest absolute Gasteiger partial charge is 0.486 e. The van der Waals surface area contributed by atoms with Crippen LogP contribution in [-0.2, 0) is 4.79 Å². The number of aryl methyl sites for hydroxylation is 1. The Bertz CT molecular complexity index is 801. The number of carbonyl (C=O) groups is 2. The summed E-state index contributed by atoms with van der Waals surface area (Å²) in [7, 11) is 0. The number of nitrogens with one attached hydrogen (secondary N) is 1. The zero-order chi connectivity index (χ0) is 19.3. The van der Waals surface area contributed by atoms with E-state index in [1.165, 1.54) is 19.3 Å². The van der Waals surface area contributed by atoms with Crippen molar-refractivity contribution in [1.82, 2.24) is 10.2 Å². The lowest BCUT2D eigenvalue weighted by Gasteiger charge is -2.37. The molecule has 28 heavy (non-hydrogen) atoms. The van der Waals surface area contributed by atoms with Gasteiger partial charge in [0.05, 0.1) is 12.0 Å². The van der Waals surface area contributed by atoms with Gasteiger partial charge in [-0.15, -0.1) is 0 Å². The Morgan fingerprint density at radius 3 is 2.93 bits per heavy atom. The van der Waals surface area contributed by atoms with Gasteiger partial charge in [-0.05, 0) is 63.7 Å². The van der Waals surface area contributed by atoms with Crippen LogP contribution < -0.4 is 10.1 Å². The normalized spacial score (nSPS) is 33.9. The summed E-state index contributed by atoms with van der Waals surface area (Å²) < 4.78 is 6.43. The smallest absolute Gasteiger partial charge is 0.223 e. The molecule has 1 amide bonds. The fraction of sp³-hybridized carbons (Fsp3) is 0.652. The molecule has 5 rings (SSSR count). The maximum atomic E-state index is 12.8. The molecule has 5 heteroatoms. The Morgan fingerprint density at radius 1 is 1.29 bits per heavy atom. The molecule has 2 saturated carbocycles. The minimum Gasteiger partial charge on any atom is -0.486 e. The van der Waals surface area contributed by atoms with E-state index in [2.05, 4.69) is 10.2 Å². The van der Waals surface area contributed by atoms with Gasteiger partial charge in [-0.25, -0.2) is 0 Å². The van der Waals surface area contributed by atoms with Crippen LogP contribution in [0.25, 0.3) is 0 Å². The number of likely N-dealkylation sites (tertiary alicyclic amines) is 1. The molecule has 150 valence electrons. The highest BCUT2D eigenvalue weighted by atomic mass is 16.5. The molecule has 0 unspecified atom stereocenters. The second-order valence-corrected chi connectivity index (χ2v) is 9.21. The van der Waals surface area contributed by atoms with Crippen molar-refractivity contribution in [1.29, 1.82) is 0 Å². The summed E-state index contributed by atoms with van der Waals surface area (Å²) in [6, 6.07) is 5.84. The molecule has 0 radical (unpaired) electrons. The first kappa shape index (κ1) is 18.2. The molecule has 3 fully saturated rings. The fourth-order valence-electron chi connectivity index (χ4n) is 5.92. The molecule has 1 N–H and O–H groups in total. The molecular weight excluding hydrogens is 352 g/mol. The molecule has 1 aromatic rings. The zero-order valence-electron chi connectivity index (χ0n) is 16.7. The average Bonchev–Trinajstić information content (AvgIpc) is 3.34. The highest BCUT2D eigenvalue weighted by Crippen LogP contribution is 2.65. The molecule has 2 heterocycles. The van der Waals surface area contributed by atoms with Crippen molar-refractivity contribution in [2.75, 3.05) is 26.2 Å². The number of nitrogens with zero attached hydrogens (tertiary/aromatic N) is 1. The van der Waals surface area contributed by atoms with E-state index >= 15 is 0 Å². The molecule has 1 aromatic carbocycles. The first-order chi connectivity index (χ1) is 13.6. The van der Waals surface area contributed by atoms with Crippen molar-refractivity contribution in [3.05, 3.63) is 29.3 Å². The predicted molar refractivity (Wildman–Crippen MR) is 106 cm³/mol. The van der Waals surface area contributed by atoms with Crippen LogP contribution in [0.4, 0.5) is 0 Å². The van der Waals surface area contributed by atoms with Gasteiger partial charge in [0.25, 0.3) is 0 Å².